The van der Waals surface area contributed by atoms with E-state index in [-0.39, 0.29) is 18.1 Å². The van der Waals surface area contributed by atoms with Crippen LogP contribution in [-0.2, 0) is 0 Å². The molecular weight excluding hydrogens is 116 g/mol. The van der Waals surface area contributed by atoms with Crippen LogP contribution in [0, 0.1) is 5.92 Å². The van der Waals surface area contributed by atoms with Gasteiger partial charge in [-0.2, -0.15) is 0 Å². The van der Waals surface area contributed by atoms with Crippen molar-refractivity contribution in [2.24, 2.45) is 5.92 Å². The van der Waals surface area contributed by atoms with Crippen molar-refractivity contribution in [3.63, 3.8) is 0 Å². The van der Waals surface area contributed by atoms with E-state index in [4.69, 9.17) is 5.11 Å². The minimum Gasteiger partial charge on any atom is -0.393 e. The number of hydrogen-bond donors (Lipinski definition) is 2. The Balaban J connectivity index is 2.40. The minimum absolute atomic E-state index is 0.144. The van der Waals surface area contributed by atoms with Gasteiger partial charge in [0.05, 0.1) is 12.2 Å². The van der Waals surface area contributed by atoms with E-state index < -0.39 is 0 Å². The van der Waals surface area contributed by atoms with Crippen molar-refractivity contribution in [1.29, 1.82) is 0 Å². The highest BCUT2D eigenvalue weighted by atomic mass is 16.3. The van der Waals surface area contributed by atoms with Gasteiger partial charge in [-0.1, -0.05) is 6.42 Å². The van der Waals surface area contributed by atoms with E-state index in [9.17, 15) is 5.11 Å². The minimum atomic E-state index is -0.331. The van der Waals surface area contributed by atoms with Crippen LogP contribution in [0.25, 0.3) is 0 Å². The lowest BCUT2D eigenvalue weighted by Crippen LogP contribution is -2.24. The molecule has 0 aromatic carbocycles. The summed E-state index contributed by atoms with van der Waals surface area (Å²) < 4.78 is 0. The van der Waals surface area contributed by atoms with Gasteiger partial charge < -0.3 is 10.2 Å². The fraction of sp³-hybridized carbons (Fsp3) is 1.00. The van der Waals surface area contributed by atoms with Gasteiger partial charge in [-0.15, -0.1) is 0 Å². The molecule has 1 aliphatic rings. The second kappa shape index (κ2) is 2.67. The van der Waals surface area contributed by atoms with Crippen LogP contribution in [0.3, 0.4) is 0 Å². The van der Waals surface area contributed by atoms with Crippen molar-refractivity contribution in [3.05, 3.63) is 0 Å². The van der Waals surface area contributed by atoms with E-state index in [1.54, 1.807) is 6.92 Å². The van der Waals surface area contributed by atoms with E-state index in [1.807, 2.05) is 0 Å². The molecule has 0 unspecified atom stereocenters. The lowest BCUT2D eigenvalue weighted by molar-refractivity contribution is 0.0420. The third kappa shape index (κ3) is 1.43. The van der Waals surface area contributed by atoms with Gasteiger partial charge >= 0.3 is 0 Å². The summed E-state index contributed by atoms with van der Waals surface area (Å²) in [4.78, 5) is 0. The van der Waals surface area contributed by atoms with Crippen molar-refractivity contribution in [2.75, 3.05) is 0 Å². The maximum atomic E-state index is 9.20. The molecule has 0 bridgehead atoms. The van der Waals surface area contributed by atoms with Crippen LogP contribution in [-0.4, -0.2) is 22.4 Å². The molecule has 0 aromatic heterocycles. The summed E-state index contributed by atoms with van der Waals surface area (Å²) in [6.07, 6.45) is 2.35. The van der Waals surface area contributed by atoms with Gasteiger partial charge in [0, 0.05) is 5.92 Å². The Kier molecular flexibility index (Phi) is 2.09. The van der Waals surface area contributed by atoms with E-state index >= 15 is 0 Å². The maximum absolute atomic E-state index is 9.20. The second-order valence-corrected chi connectivity index (χ2v) is 2.90. The monoisotopic (exact) mass is 130 g/mol. The Labute approximate surface area is 55.5 Å². The Morgan fingerprint density at radius 2 is 2.11 bits per heavy atom. The van der Waals surface area contributed by atoms with Crippen LogP contribution < -0.4 is 0 Å². The molecule has 2 N–H and O–H groups in total. The predicted octanol–water partition coefficient (Wildman–Crippen LogP) is 0.528. The molecule has 0 aromatic rings. The average Bonchev–Trinajstić information content (AvgIpc) is 2.13. The predicted molar refractivity (Wildman–Crippen MR) is 35.0 cm³/mol. The molecule has 0 amide bonds. The van der Waals surface area contributed by atoms with Crippen molar-refractivity contribution in [2.45, 2.75) is 38.4 Å². The highest BCUT2D eigenvalue weighted by Crippen LogP contribution is 2.27. The zero-order valence-corrected chi connectivity index (χ0v) is 5.75. The second-order valence-electron chi connectivity index (χ2n) is 2.90. The summed E-state index contributed by atoms with van der Waals surface area (Å²) in [6.45, 7) is 1.75. The molecule has 1 aliphatic carbocycles. The smallest absolute Gasteiger partial charge is 0.0593 e. The van der Waals surface area contributed by atoms with Crippen LogP contribution in [0.4, 0.5) is 0 Å². The van der Waals surface area contributed by atoms with Gasteiger partial charge in [0.25, 0.3) is 0 Å². The first-order valence-corrected chi connectivity index (χ1v) is 3.58. The first-order chi connectivity index (χ1) is 4.22. The molecule has 0 heterocycles. The lowest BCUT2D eigenvalue weighted by Gasteiger charge is -2.16. The zero-order chi connectivity index (χ0) is 6.85. The van der Waals surface area contributed by atoms with Gasteiger partial charge in [-0.05, 0) is 19.8 Å². The molecule has 0 aliphatic heterocycles. The molecule has 2 heteroatoms. The number of aliphatic hydroxyl groups is 2. The number of hydrogen-bond acceptors (Lipinski definition) is 2. The number of rotatable bonds is 1. The molecule has 1 rings (SSSR count). The standard InChI is InChI=1S/C7H14O2/c1-5(8)6-3-2-4-7(6)9/h5-9H,2-4H2,1H3/t5-,6+,7+/m1/s1. The SMILES string of the molecule is C[C@@H](O)[C@@H]1CCC[C@@H]1O. The zero-order valence-electron chi connectivity index (χ0n) is 5.75. The molecule has 1 saturated carbocycles. The highest BCUT2D eigenvalue weighted by Gasteiger charge is 2.28. The van der Waals surface area contributed by atoms with Crippen molar-refractivity contribution in [1.82, 2.24) is 0 Å². The molecule has 2 nitrogen and oxygen atoms in total. The Hall–Kier alpha value is -0.0800. The Morgan fingerprint density at radius 3 is 2.33 bits per heavy atom. The topological polar surface area (TPSA) is 40.5 Å². The largest absolute Gasteiger partial charge is 0.393 e. The summed E-state index contributed by atoms with van der Waals surface area (Å²) in [5.41, 5.74) is 0. The van der Waals surface area contributed by atoms with Gasteiger partial charge in [0.1, 0.15) is 0 Å². The molecule has 9 heavy (non-hydrogen) atoms. The van der Waals surface area contributed by atoms with E-state index in [0.717, 1.165) is 19.3 Å². The van der Waals surface area contributed by atoms with Crippen molar-refractivity contribution >= 4 is 0 Å². The van der Waals surface area contributed by atoms with E-state index in [0.29, 0.717) is 0 Å². The molecule has 3 atom stereocenters. The molecule has 0 radical (unpaired) electrons. The molecular formula is C7H14O2. The summed E-state index contributed by atoms with van der Waals surface area (Å²) in [5, 5.41) is 18.3. The Morgan fingerprint density at radius 1 is 1.44 bits per heavy atom. The highest BCUT2D eigenvalue weighted by molar-refractivity contribution is 4.79. The number of aliphatic hydroxyl groups excluding tert-OH is 2. The van der Waals surface area contributed by atoms with Gasteiger partial charge in [-0.3, -0.25) is 0 Å². The molecule has 0 spiro atoms. The van der Waals surface area contributed by atoms with E-state index in [2.05, 4.69) is 0 Å². The third-order valence-corrected chi connectivity index (χ3v) is 2.15. The normalized spacial score (nSPS) is 39.0. The summed E-state index contributed by atoms with van der Waals surface area (Å²) in [6, 6.07) is 0. The van der Waals surface area contributed by atoms with Gasteiger partial charge in [-0.25, -0.2) is 0 Å². The lowest BCUT2D eigenvalue weighted by atomic mass is 10.0. The van der Waals surface area contributed by atoms with Gasteiger partial charge in [0.2, 0.25) is 0 Å². The van der Waals surface area contributed by atoms with Crippen molar-refractivity contribution in [3.8, 4) is 0 Å². The fourth-order valence-corrected chi connectivity index (χ4v) is 1.53. The van der Waals surface area contributed by atoms with Crippen LogP contribution in [0.2, 0.25) is 0 Å². The van der Waals surface area contributed by atoms with Crippen LogP contribution in [0.5, 0.6) is 0 Å². The first kappa shape index (κ1) is 7.03. The Bertz CT molecular complexity index is 90.9. The first-order valence-electron chi connectivity index (χ1n) is 3.58. The summed E-state index contributed by atoms with van der Waals surface area (Å²) in [5.74, 6) is 0.144. The molecule has 0 saturated heterocycles. The molecule has 54 valence electrons. The quantitative estimate of drug-likeness (QED) is 0.543. The van der Waals surface area contributed by atoms with Crippen LogP contribution in [0.15, 0.2) is 0 Å². The molecule has 1 fully saturated rings. The van der Waals surface area contributed by atoms with Crippen LogP contribution in [0.1, 0.15) is 26.2 Å². The van der Waals surface area contributed by atoms with E-state index in [1.165, 1.54) is 0 Å². The summed E-state index contributed by atoms with van der Waals surface area (Å²) in [7, 11) is 0. The fourth-order valence-electron chi connectivity index (χ4n) is 1.53. The maximum Gasteiger partial charge on any atom is 0.0593 e. The van der Waals surface area contributed by atoms with Crippen molar-refractivity contribution < 1.29 is 10.2 Å². The van der Waals surface area contributed by atoms with Crippen LogP contribution >= 0.6 is 0 Å². The van der Waals surface area contributed by atoms with Gasteiger partial charge in [0.15, 0.2) is 0 Å². The third-order valence-electron chi connectivity index (χ3n) is 2.15. The summed E-state index contributed by atoms with van der Waals surface area (Å²) >= 11 is 0. The average molecular weight is 130 g/mol.